The van der Waals surface area contributed by atoms with Crippen molar-refractivity contribution >= 4 is 5.97 Å². The van der Waals surface area contributed by atoms with E-state index >= 15 is 0 Å². The quantitative estimate of drug-likeness (QED) is 0.141. The molecule has 4 aliphatic carbocycles. The smallest absolute Gasteiger partial charge is 0.306 e. The fourth-order valence-corrected chi connectivity index (χ4v) is 10.5. The Balaban J connectivity index is 1.27. The standard InChI is InChI=1S/C29H46O12/c1-13-22(34)23(35)24(36)25(40-13)41-15-8-19(32)28(12-30)21-17(3-5-27(28,37)9-15)29(38)6-4-16(14-7-20(33)39-11-14)26(29,2)10-18(21)31/h13-19,21-25,30-32,34-38H,3-12H2,1-2H3/t13-,14?,15-,16+,17?,18+,19+,21?,22-,23+,24+,25?,26+,27-,28+,29-/m0/s1. The average Bonchev–Trinajstić information content (AvgIpc) is 3.45. The SMILES string of the molecule is C[C@@H]1OC(O[C@H]2C[C@@H](O)[C@]3(CO)C4C(CC[C@]3(O)C2)[C@@]2(O)CC[C@H](C3COC(=O)C3)[C@@]2(C)C[C@H]4O)[C@H](O)[C@H](O)[C@H]1O. The summed E-state index contributed by atoms with van der Waals surface area (Å²) in [5, 5.41) is 89.7. The molecule has 6 aliphatic rings. The van der Waals surface area contributed by atoms with Gasteiger partial charge in [0.15, 0.2) is 6.29 Å². The Hall–Kier alpha value is -0.930. The lowest BCUT2D eigenvalue weighted by Crippen LogP contribution is -2.76. The van der Waals surface area contributed by atoms with E-state index in [0.29, 0.717) is 25.9 Å². The van der Waals surface area contributed by atoms with Crippen LogP contribution in [0.15, 0.2) is 0 Å². The molecule has 0 bridgehead atoms. The second-order valence-electron chi connectivity index (χ2n) is 14.2. The molecule has 2 aliphatic heterocycles. The van der Waals surface area contributed by atoms with Gasteiger partial charge in [-0.2, -0.15) is 0 Å². The fraction of sp³-hybridized carbons (Fsp3) is 0.966. The van der Waals surface area contributed by atoms with E-state index in [0.717, 1.165) is 0 Å². The van der Waals surface area contributed by atoms with Gasteiger partial charge in [0.25, 0.3) is 0 Å². The zero-order valence-electron chi connectivity index (χ0n) is 23.7. The Morgan fingerprint density at radius 1 is 0.976 bits per heavy atom. The Morgan fingerprint density at radius 3 is 2.34 bits per heavy atom. The van der Waals surface area contributed by atoms with Crippen LogP contribution in [0.4, 0.5) is 0 Å². The van der Waals surface area contributed by atoms with Crippen molar-refractivity contribution in [3.63, 3.8) is 0 Å². The summed E-state index contributed by atoms with van der Waals surface area (Å²) in [6.07, 6.45) is -7.60. The van der Waals surface area contributed by atoms with Gasteiger partial charge >= 0.3 is 5.97 Å². The van der Waals surface area contributed by atoms with E-state index in [1.165, 1.54) is 6.92 Å². The van der Waals surface area contributed by atoms with Crippen molar-refractivity contribution in [2.24, 2.45) is 34.5 Å². The first-order valence-electron chi connectivity index (χ1n) is 15.1. The van der Waals surface area contributed by atoms with Crippen LogP contribution in [0.25, 0.3) is 0 Å². The molecule has 2 saturated heterocycles. The lowest BCUT2D eigenvalue weighted by Gasteiger charge is -2.68. The number of fused-ring (bicyclic) bond motifs is 5. The predicted octanol–water partition coefficient (Wildman–Crippen LogP) is -1.44. The summed E-state index contributed by atoms with van der Waals surface area (Å²) < 4.78 is 16.8. The van der Waals surface area contributed by atoms with Crippen LogP contribution >= 0.6 is 0 Å². The van der Waals surface area contributed by atoms with Gasteiger partial charge in [0.1, 0.15) is 18.3 Å². The summed E-state index contributed by atoms with van der Waals surface area (Å²) in [5.74, 6) is -1.63. The maximum absolute atomic E-state index is 12.4. The molecule has 12 heteroatoms. The number of aliphatic hydroxyl groups is 8. The highest BCUT2D eigenvalue weighted by Gasteiger charge is 2.75. The molecule has 4 unspecified atom stereocenters. The van der Waals surface area contributed by atoms with Gasteiger partial charge in [0.05, 0.1) is 60.7 Å². The molecule has 0 amide bonds. The van der Waals surface area contributed by atoms with Gasteiger partial charge in [-0.15, -0.1) is 0 Å². The summed E-state index contributed by atoms with van der Waals surface area (Å²) in [6, 6.07) is 0. The van der Waals surface area contributed by atoms with Gasteiger partial charge < -0.3 is 55.1 Å². The van der Waals surface area contributed by atoms with E-state index in [1.54, 1.807) is 0 Å². The van der Waals surface area contributed by atoms with Crippen LogP contribution < -0.4 is 0 Å². The van der Waals surface area contributed by atoms with Gasteiger partial charge in [0, 0.05) is 30.1 Å². The zero-order chi connectivity index (χ0) is 29.7. The molecular weight excluding hydrogens is 540 g/mol. The summed E-state index contributed by atoms with van der Waals surface area (Å²) >= 11 is 0. The molecule has 6 fully saturated rings. The highest BCUT2D eigenvalue weighted by Crippen LogP contribution is 2.71. The largest absolute Gasteiger partial charge is 0.465 e. The zero-order valence-corrected chi connectivity index (χ0v) is 23.7. The lowest BCUT2D eigenvalue weighted by molar-refractivity contribution is -0.342. The Labute approximate surface area is 239 Å². The fourth-order valence-electron chi connectivity index (χ4n) is 10.5. The number of rotatable bonds is 4. The van der Waals surface area contributed by atoms with E-state index in [9.17, 15) is 45.6 Å². The molecule has 4 saturated carbocycles. The Kier molecular flexibility index (Phi) is 7.38. The highest BCUT2D eigenvalue weighted by molar-refractivity contribution is 5.71. The molecule has 0 spiro atoms. The molecule has 0 aromatic rings. The van der Waals surface area contributed by atoms with E-state index in [1.807, 2.05) is 6.92 Å². The molecule has 12 nitrogen and oxygen atoms in total. The molecule has 234 valence electrons. The third-order valence-electron chi connectivity index (χ3n) is 12.6. The number of aliphatic hydroxyl groups excluding tert-OH is 6. The van der Waals surface area contributed by atoms with Crippen LogP contribution in [0.3, 0.4) is 0 Å². The maximum atomic E-state index is 12.4. The van der Waals surface area contributed by atoms with Crippen LogP contribution in [-0.2, 0) is 19.0 Å². The first kappa shape index (κ1) is 30.1. The van der Waals surface area contributed by atoms with Crippen LogP contribution in [0.1, 0.15) is 65.2 Å². The van der Waals surface area contributed by atoms with Gasteiger partial charge in [-0.05, 0) is 50.9 Å². The second-order valence-corrected chi connectivity index (χ2v) is 14.2. The third kappa shape index (κ3) is 4.05. The molecule has 0 aromatic carbocycles. The summed E-state index contributed by atoms with van der Waals surface area (Å²) in [7, 11) is 0. The lowest BCUT2D eigenvalue weighted by atomic mass is 9.40. The monoisotopic (exact) mass is 586 g/mol. The number of hydrogen-bond donors (Lipinski definition) is 8. The second kappa shape index (κ2) is 10.0. The van der Waals surface area contributed by atoms with Gasteiger partial charge in [0.2, 0.25) is 0 Å². The predicted molar refractivity (Wildman–Crippen MR) is 139 cm³/mol. The third-order valence-corrected chi connectivity index (χ3v) is 12.6. The van der Waals surface area contributed by atoms with E-state index < -0.39 is 89.5 Å². The van der Waals surface area contributed by atoms with Crippen molar-refractivity contribution in [1.29, 1.82) is 0 Å². The molecule has 41 heavy (non-hydrogen) atoms. The first-order chi connectivity index (χ1) is 19.2. The van der Waals surface area contributed by atoms with Crippen molar-refractivity contribution in [3.05, 3.63) is 0 Å². The Bertz CT molecular complexity index is 1030. The van der Waals surface area contributed by atoms with Crippen molar-refractivity contribution in [2.75, 3.05) is 13.2 Å². The molecule has 16 atom stereocenters. The molecule has 6 rings (SSSR count). The van der Waals surface area contributed by atoms with Crippen LogP contribution in [-0.4, -0.2) is 120 Å². The number of hydrogen-bond acceptors (Lipinski definition) is 12. The summed E-state index contributed by atoms with van der Waals surface area (Å²) in [4.78, 5) is 11.9. The molecular formula is C29H46O12. The minimum absolute atomic E-state index is 0.0278. The molecule has 0 aromatic heterocycles. The topological polar surface area (TPSA) is 207 Å². The first-order valence-corrected chi connectivity index (χ1v) is 15.1. The minimum atomic E-state index is -1.66. The number of carbonyl (C=O) groups excluding carboxylic acids is 1. The van der Waals surface area contributed by atoms with Crippen molar-refractivity contribution in [2.45, 2.75) is 125 Å². The van der Waals surface area contributed by atoms with Crippen LogP contribution in [0.2, 0.25) is 0 Å². The number of cyclic esters (lactones) is 1. The van der Waals surface area contributed by atoms with Crippen molar-refractivity contribution in [3.8, 4) is 0 Å². The van der Waals surface area contributed by atoms with Gasteiger partial charge in [-0.25, -0.2) is 0 Å². The van der Waals surface area contributed by atoms with E-state index in [2.05, 4.69) is 0 Å². The van der Waals surface area contributed by atoms with Gasteiger partial charge in [-0.3, -0.25) is 4.79 Å². The Morgan fingerprint density at radius 2 is 1.68 bits per heavy atom. The normalized spacial score (nSPS) is 58.8. The summed E-state index contributed by atoms with van der Waals surface area (Å²) in [5.41, 5.74) is -5.13. The summed E-state index contributed by atoms with van der Waals surface area (Å²) in [6.45, 7) is 3.20. The van der Waals surface area contributed by atoms with Crippen molar-refractivity contribution < 1.29 is 59.9 Å². The average molecular weight is 587 g/mol. The van der Waals surface area contributed by atoms with E-state index in [4.69, 9.17) is 14.2 Å². The van der Waals surface area contributed by atoms with Gasteiger partial charge in [-0.1, -0.05) is 6.92 Å². The number of carbonyl (C=O) groups is 1. The van der Waals surface area contributed by atoms with Crippen LogP contribution in [0, 0.1) is 34.5 Å². The van der Waals surface area contributed by atoms with Crippen molar-refractivity contribution in [1.82, 2.24) is 0 Å². The molecule has 8 N–H and O–H groups in total. The maximum Gasteiger partial charge on any atom is 0.306 e. The molecule has 0 radical (unpaired) electrons. The number of esters is 1. The highest BCUT2D eigenvalue weighted by atomic mass is 16.7. The molecule has 2 heterocycles. The minimum Gasteiger partial charge on any atom is -0.465 e. The van der Waals surface area contributed by atoms with E-state index in [-0.39, 0.29) is 49.9 Å². The number of ether oxygens (including phenoxy) is 3. The van der Waals surface area contributed by atoms with Crippen LogP contribution in [0.5, 0.6) is 0 Å².